The minimum Gasteiger partial charge on any atom is -0.311 e. The number of hydrogen-bond donors (Lipinski definition) is 0. The van der Waals surface area contributed by atoms with Gasteiger partial charge in [-0.05, 0) is 30.2 Å². The number of rotatable bonds is 3. The summed E-state index contributed by atoms with van der Waals surface area (Å²) in [6.07, 6.45) is -2.85. The van der Waals surface area contributed by atoms with E-state index in [0.29, 0.717) is 23.1 Å². The van der Waals surface area contributed by atoms with E-state index in [9.17, 15) is 13.2 Å². The van der Waals surface area contributed by atoms with Crippen LogP contribution in [-0.2, 0) is 12.7 Å². The van der Waals surface area contributed by atoms with E-state index in [2.05, 4.69) is 4.98 Å². The number of imidazole rings is 1. The zero-order chi connectivity index (χ0) is 17.3. The monoisotopic (exact) mass is 350 g/mol. The molecule has 0 bridgehead atoms. The standard InChI is InChI=1S/C18H14ClF3N2/c1-12-4-2-3-5-14(12)11-24-16(19)10-23-17(24)13-6-8-15(9-7-13)18(20,21)22/h2-10H,11H2,1H3. The van der Waals surface area contributed by atoms with Crippen molar-refractivity contribution in [1.29, 1.82) is 0 Å². The van der Waals surface area contributed by atoms with Gasteiger partial charge in [0.25, 0.3) is 0 Å². The van der Waals surface area contributed by atoms with Crippen LogP contribution in [0, 0.1) is 6.92 Å². The van der Waals surface area contributed by atoms with Crippen molar-refractivity contribution >= 4 is 11.6 Å². The maximum Gasteiger partial charge on any atom is 0.416 e. The van der Waals surface area contributed by atoms with E-state index in [1.807, 2.05) is 31.2 Å². The predicted molar refractivity (Wildman–Crippen MR) is 88.0 cm³/mol. The normalized spacial score (nSPS) is 11.7. The van der Waals surface area contributed by atoms with Gasteiger partial charge in [-0.25, -0.2) is 4.98 Å². The molecule has 1 aromatic heterocycles. The van der Waals surface area contributed by atoms with Gasteiger partial charge < -0.3 is 4.57 Å². The van der Waals surface area contributed by atoms with Crippen LogP contribution in [0.15, 0.2) is 54.7 Å². The van der Waals surface area contributed by atoms with E-state index < -0.39 is 11.7 Å². The molecule has 0 saturated carbocycles. The third kappa shape index (κ3) is 3.31. The molecule has 0 aliphatic heterocycles. The van der Waals surface area contributed by atoms with Crippen LogP contribution in [0.3, 0.4) is 0 Å². The number of hydrogen-bond acceptors (Lipinski definition) is 1. The summed E-state index contributed by atoms with van der Waals surface area (Å²) in [5.74, 6) is 0.539. The van der Waals surface area contributed by atoms with Crippen LogP contribution in [0.25, 0.3) is 11.4 Å². The van der Waals surface area contributed by atoms with Gasteiger partial charge in [0, 0.05) is 5.56 Å². The first-order valence-electron chi connectivity index (χ1n) is 7.29. The first kappa shape index (κ1) is 16.6. The molecule has 24 heavy (non-hydrogen) atoms. The number of aromatic nitrogens is 2. The summed E-state index contributed by atoms with van der Waals surface area (Å²) in [4.78, 5) is 4.25. The van der Waals surface area contributed by atoms with Crippen molar-refractivity contribution in [3.63, 3.8) is 0 Å². The summed E-state index contributed by atoms with van der Waals surface area (Å²) in [7, 11) is 0. The van der Waals surface area contributed by atoms with E-state index in [0.717, 1.165) is 23.3 Å². The Morgan fingerprint density at radius 2 is 1.71 bits per heavy atom. The lowest BCUT2D eigenvalue weighted by Crippen LogP contribution is -2.06. The zero-order valence-corrected chi connectivity index (χ0v) is 13.6. The van der Waals surface area contributed by atoms with Crippen LogP contribution in [-0.4, -0.2) is 9.55 Å². The molecule has 0 aliphatic carbocycles. The second-order valence-electron chi connectivity index (χ2n) is 5.49. The Labute approximate surface area is 142 Å². The fraction of sp³-hybridized carbons (Fsp3) is 0.167. The quantitative estimate of drug-likeness (QED) is 0.603. The molecule has 0 amide bonds. The Kier molecular flexibility index (Phi) is 4.37. The molecule has 0 atom stereocenters. The van der Waals surface area contributed by atoms with Crippen LogP contribution < -0.4 is 0 Å². The first-order valence-corrected chi connectivity index (χ1v) is 7.67. The summed E-state index contributed by atoms with van der Waals surface area (Å²) in [6, 6.07) is 12.8. The predicted octanol–water partition coefficient (Wildman–Crippen LogP) is 5.58. The average molecular weight is 351 g/mol. The third-order valence-corrected chi connectivity index (χ3v) is 4.17. The van der Waals surface area contributed by atoms with Gasteiger partial charge in [-0.1, -0.05) is 48.0 Å². The lowest BCUT2D eigenvalue weighted by atomic mass is 10.1. The van der Waals surface area contributed by atoms with Crippen LogP contribution in [0.2, 0.25) is 5.15 Å². The third-order valence-electron chi connectivity index (χ3n) is 3.87. The first-order chi connectivity index (χ1) is 11.4. The molecule has 0 radical (unpaired) electrons. The molecule has 3 aromatic rings. The maximum atomic E-state index is 12.7. The van der Waals surface area contributed by atoms with E-state index in [-0.39, 0.29) is 0 Å². The molecule has 0 aliphatic rings. The molecule has 2 nitrogen and oxygen atoms in total. The van der Waals surface area contributed by atoms with Crippen molar-refractivity contribution in [2.75, 3.05) is 0 Å². The highest BCUT2D eigenvalue weighted by Crippen LogP contribution is 2.31. The van der Waals surface area contributed by atoms with Crippen molar-refractivity contribution in [1.82, 2.24) is 9.55 Å². The van der Waals surface area contributed by atoms with E-state index in [4.69, 9.17) is 11.6 Å². The Hall–Kier alpha value is -2.27. The number of nitrogens with zero attached hydrogens (tertiary/aromatic N) is 2. The summed E-state index contributed by atoms with van der Waals surface area (Å²) >= 11 is 6.22. The Morgan fingerprint density at radius 3 is 2.33 bits per heavy atom. The molecule has 2 aromatic carbocycles. The topological polar surface area (TPSA) is 17.8 Å². The van der Waals surface area contributed by atoms with Gasteiger partial charge in [-0.15, -0.1) is 0 Å². The highest BCUT2D eigenvalue weighted by atomic mass is 35.5. The summed E-state index contributed by atoms with van der Waals surface area (Å²) in [6.45, 7) is 2.50. The van der Waals surface area contributed by atoms with Gasteiger partial charge >= 0.3 is 6.18 Å². The van der Waals surface area contributed by atoms with Gasteiger partial charge in [0.1, 0.15) is 11.0 Å². The van der Waals surface area contributed by atoms with Crippen molar-refractivity contribution in [3.8, 4) is 11.4 Å². The molecule has 124 valence electrons. The Balaban J connectivity index is 1.97. The van der Waals surface area contributed by atoms with Crippen molar-refractivity contribution in [2.45, 2.75) is 19.6 Å². The second kappa shape index (κ2) is 6.32. The molecule has 0 spiro atoms. The smallest absolute Gasteiger partial charge is 0.311 e. The molecule has 1 heterocycles. The van der Waals surface area contributed by atoms with Crippen LogP contribution in [0.4, 0.5) is 13.2 Å². The second-order valence-corrected chi connectivity index (χ2v) is 5.88. The van der Waals surface area contributed by atoms with Gasteiger partial charge in [0.05, 0.1) is 18.3 Å². The molecule has 3 rings (SSSR count). The lowest BCUT2D eigenvalue weighted by Gasteiger charge is -2.12. The minimum absolute atomic E-state index is 0.438. The Morgan fingerprint density at radius 1 is 1.04 bits per heavy atom. The molecular formula is C18H14ClF3N2. The van der Waals surface area contributed by atoms with Gasteiger partial charge in [0.15, 0.2) is 0 Å². The van der Waals surface area contributed by atoms with E-state index >= 15 is 0 Å². The fourth-order valence-electron chi connectivity index (χ4n) is 2.50. The largest absolute Gasteiger partial charge is 0.416 e. The van der Waals surface area contributed by atoms with Gasteiger partial charge in [-0.2, -0.15) is 13.2 Å². The van der Waals surface area contributed by atoms with E-state index in [1.54, 1.807) is 4.57 Å². The number of aryl methyl sites for hydroxylation is 1. The maximum absolute atomic E-state index is 12.7. The van der Waals surface area contributed by atoms with Crippen LogP contribution >= 0.6 is 11.6 Å². The van der Waals surface area contributed by atoms with Crippen molar-refractivity contribution in [3.05, 3.63) is 76.6 Å². The highest BCUT2D eigenvalue weighted by molar-refractivity contribution is 6.29. The van der Waals surface area contributed by atoms with Crippen molar-refractivity contribution in [2.24, 2.45) is 0 Å². The summed E-state index contributed by atoms with van der Waals surface area (Å²) < 4.78 is 39.9. The summed E-state index contributed by atoms with van der Waals surface area (Å²) in [5, 5.41) is 0.438. The van der Waals surface area contributed by atoms with Crippen LogP contribution in [0.5, 0.6) is 0 Å². The van der Waals surface area contributed by atoms with Gasteiger partial charge in [0.2, 0.25) is 0 Å². The minimum atomic E-state index is -4.35. The van der Waals surface area contributed by atoms with Gasteiger partial charge in [-0.3, -0.25) is 0 Å². The Bertz CT molecular complexity index is 851. The molecule has 0 fully saturated rings. The van der Waals surface area contributed by atoms with Crippen LogP contribution in [0.1, 0.15) is 16.7 Å². The fourth-order valence-corrected chi connectivity index (χ4v) is 2.69. The lowest BCUT2D eigenvalue weighted by molar-refractivity contribution is -0.137. The molecule has 6 heteroatoms. The number of halogens is 4. The van der Waals surface area contributed by atoms with Crippen molar-refractivity contribution < 1.29 is 13.2 Å². The number of benzene rings is 2. The average Bonchev–Trinajstić information content (AvgIpc) is 2.90. The molecule has 0 saturated heterocycles. The summed E-state index contributed by atoms with van der Waals surface area (Å²) in [5.41, 5.74) is 2.09. The molecular weight excluding hydrogens is 337 g/mol. The number of alkyl halides is 3. The SMILES string of the molecule is Cc1ccccc1Cn1c(Cl)cnc1-c1ccc(C(F)(F)F)cc1. The molecule has 0 N–H and O–H groups in total. The zero-order valence-electron chi connectivity index (χ0n) is 12.8. The molecule has 0 unspecified atom stereocenters. The van der Waals surface area contributed by atoms with E-state index in [1.165, 1.54) is 18.3 Å². The highest BCUT2D eigenvalue weighted by Gasteiger charge is 2.30.